The van der Waals surface area contributed by atoms with E-state index in [0.29, 0.717) is 13.1 Å². The maximum absolute atomic E-state index is 11.4. The van der Waals surface area contributed by atoms with E-state index in [1.807, 2.05) is 12.1 Å². The second kappa shape index (κ2) is 5.22. The fraction of sp³-hybridized carbons (Fsp3) is 0.353. The van der Waals surface area contributed by atoms with Crippen molar-refractivity contribution in [1.82, 2.24) is 14.9 Å². The third-order valence-electron chi connectivity index (χ3n) is 5.05. The number of amides is 2. The Labute approximate surface area is 134 Å². The Balaban J connectivity index is 1.70. The topological polar surface area (TPSA) is 75.4 Å². The van der Waals surface area contributed by atoms with Gasteiger partial charge in [-0.3, -0.25) is 0 Å². The highest BCUT2D eigenvalue weighted by Gasteiger charge is 2.45. The molecular weight excluding hydrogens is 290 g/mol. The van der Waals surface area contributed by atoms with Gasteiger partial charge in [-0.05, 0) is 30.5 Å². The van der Waals surface area contributed by atoms with Gasteiger partial charge in [0, 0.05) is 43.1 Å². The zero-order chi connectivity index (χ0) is 15.9. The summed E-state index contributed by atoms with van der Waals surface area (Å²) < 4.78 is 0. The molecule has 1 aromatic heterocycles. The van der Waals surface area contributed by atoms with E-state index in [1.165, 1.54) is 11.3 Å². The lowest BCUT2D eigenvalue weighted by molar-refractivity contribution is 0.170. The first kappa shape index (κ1) is 14.0. The Morgan fingerprint density at radius 2 is 1.78 bits per heavy atom. The Bertz CT molecular complexity index is 725. The van der Waals surface area contributed by atoms with Crippen LogP contribution in [0.3, 0.4) is 0 Å². The molecule has 2 aliphatic rings. The van der Waals surface area contributed by atoms with E-state index >= 15 is 0 Å². The van der Waals surface area contributed by atoms with Crippen LogP contribution < -0.4 is 10.6 Å². The summed E-state index contributed by atoms with van der Waals surface area (Å²) in [6, 6.07) is 9.95. The van der Waals surface area contributed by atoms with Crippen LogP contribution in [-0.4, -0.2) is 40.5 Å². The summed E-state index contributed by atoms with van der Waals surface area (Å²) in [7, 11) is 0. The molecule has 4 rings (SSSR count). The lowest BCUT2D eigenvalue weighted by Gasteiger charge is -2.39. The summed E-state index contributed by atoms with van der Waals surface area (Å²) in [4.78, 5) is 24.2. The van der Waals surface area contributed by atoms with Gasteiger partial charge in [-0.15, -0.1) is 0 Å². The highest BCUT2D eigenvalue weighted by Crippen LogP contribution is 2.48. The molecule has 2 N–H and O–H groups in total. The van der Waals surface area contributed by atoms with Crippen molar-refractivity contribution in [2.24, 2.45) is 5.73 Å². The van der Waals surface area contributed by atoms with E-state index in [1.54, 1.807) is 17.3 Å². The average Bonchev–Trinajstić information content (AvgIpc) is 2.91. The van der Waals surface area contributed by atoms with Crippen LogP contribution in [0.1, 0.15) is 18.4 Å². The minimum atomic E-state index is -0.325. The first-order valence-electron chi connectivity index (χ1n) is 7.88. The quantitative estimate of drug-likeness (QED) is 0.874. The number of rotatable bonds is 1. The number of benzene rings is 1. The molecule has 0 aliphatic carbocycles. The van der Waals surface area contributed by atoms with Gasteiger partial charge in [0.05, 0.1) is 0 Å². The smallest absolute Gasteiger partial charge is 0.314 e. The summed E-state index contributed by atoms with van der Waals surface area (Å²) in [5.41, 5.74) is 7.97. The van der Waals surface area contributed by atoms with Gasteiger partial charge in [0.25, 0.3) is 0 Å². The Kier molecular flexibility index (Phi) is 3.18. The summed E-state index contributed by atoms with van der Waals surface area (Å²) in [6.07, 6.45) is 5.36. The number of hydrogen-bond acceptors (Lipinski definition) is 4. The molecule has 1 fully saturated rings. The Morgan fingerprint density at radius 1 is 1.09 bits per heavy atom. The number of nitrogens with zero attached hydrogens (tertiary/aromatic N) is 4. The molecule has 0 atom stereocenters. The van der Waals surface area contributed by atoms with Crippen molar-refractivity contribution >= 4 is 17.7 Å². The number of piperidine rings is 1. The minimum Gasteiger partial charge on any atom is -0.351 e. The third kappa shape index (κ3) is 2.21. The van der Waals surface area contributed by atoms with E-state index in [9.17, 15) is 4.79 Å². The standard InChI is InChI=1S/C17H19N5O/c18-15(23)21-10-6-17(7-11-21)12-22(16-19-8-3-9-20-16)14-5-2-1-4-13(14)17/h1-5,8-9H,6-7,10-12H2,(H2,18,23). The van der Waals surface area contributed by atoms with Gasteiger partial charge >= 0.3 is 6.03 Å². The van der Waals surface area contributed by atoms with E-state index in [-0.39, 0.29) is 11.4 Å². The lowest BCUT2D eigenvalue weighted by atomic mass is 9.74. The van der Waals surface area contributed by atoms with Crippen molar-refractivity contribution in [1.29, 1.82) is 0 Å². The highest BCUT2D eigenvalue weighted by molar-refractivity contribution is 5.73. The van der Waals surface area contributed by atoms with Crippen molar-refractivity contribution in [2.75, 3.05) is 24.5 Å². The molecule has 0 radical (unpaired) electrons. The van der Waals surface area contributed by atoms with E-state index < -0.39 is 0 Å². The fourth-order valence-corrected chi connectivity index (χ4v) is 3.82. The van der Waals surface area contributed by atoms with Crippen LogP contribution in [0, 0.1) is 0 Å². The number of fused-ring (bicyclic) bond motifs is 2. The predicted octanol–water partition coefficient (Wildman–Crippen LogP) is 2.04. The molecule has 6 heteroatoms. The van der Waals surface area contributed by atoms with Crippen LogP contribution in [0.5, 0.6) is 0 Å². The van der Waals surface area contributed by atoms with E-state index in [0.717, 1.165) is 25.3 Å². The number of anilines is 2. The van der Waals surface area contributed by atoms with Crippen LogP contribution in [0.25, 0.3) is 0 Å². The molecular formula is C17H19N5O. The molecule has 6 nitrogen and oxygen atoms in total. The molecule has 23 heavy (non-hydrogen) atoms. The number of primary amides is 1. The monoisotopic (exact) mass is 309 g/mol. The second-order valence-corrected chi connectivity index (χ2v) is 6.26. The van der Waals surface area contributed by atoms with Crippen LogP contribution >= 0.6 is 0 Å². The molecule has 1 saturated heterocycles. The van der Waals surface area contributed by atoms with Crippen LogP contribution in [0.2, 0.25) is 0 Å². The lowest BCUT2D eigenvalue weighted by Crippen LogP contribution is -2.48. The SMILES string of the molecule is NC(=O)N1CCC2(CC1)CN(c1ncccn1)c1ccccc12. The van der Waals surface area contributed by atoms with Crippen molar-refractivity contribution < 1.29 is 4.79 Å². The van der Waals surface area contributed by atoms with Crippen LogP contribution in [0.4, 0.5) is 16.4 Å². The summed E-state index contributed by atoms with van der Waals surface area (Å²) in [6.45, 7) is 2.25. The van der Waals surface area contributed by atoms with Crippen LogP contribution in [-0.2, 0) is 5.41 Å². The first-order valence-corrected chi connectivity index (χ1v) is 7.88. The van der Waals surface area contributed by atoms with Gasteiger partial charge in [-0.25, -0.2) is 14.8 Å². The van der Waals surface area contributed by atoms with Gasteiger partial charge in [-0.2, -0.15) is 0 Å². The Morgan fingerprint density at radius 3 is 2.48 bits per heavy atom. The molecule has 3 heterocycles. The molecule has 2 amide bonds. The molecule has 2 aliphatic heterocycles. The zero-order valence-corrected chi connectivity index (χ0v) is 12.9. The second-order valence-electron chi connectivity index (χ2n) is 6.26. The summed E-state index contributed by atoms with van der Waals surface area (Å²) >= 11 is 0. The summed E-state index contributed by atoms with van der Waals surface area (Å²) in [5, 5.41) is 0. The van der Waals surface area contributed by atoms with Crippen molar-refractivity contribution in [3.63, 3.8) is 0 Å². The molecule has 0 bridgehead atoms. The molecule has 0 saturated carbocycles. The number of carbonyl (C=O) groups is 1. The van der Waals surface area contributed by atoms with Crippen molar-refractivity contribution in [2.45, 2.75) is 18.3 Å². The highest BCUT2D eigenvalue weighted by atomic mass is 16.2. The van der Waals surface area contributed by atoms with Gasteiger partial charge < -0.3 is 15.5 Å². The van der Waals surface area contributed by atoms with Gasteiger partial charge in [0.1, 0.15) is 0 Å². The van der Waals surface area contributed by atoms with Gasteiger partial charge in [0.15, 0.2) is 0 Å². The molecule has 0 unspecified atom stereocenters. The average molecular weight is 309 g/mol. The molecule has 1 aromatic carbocycles. The number of para-hydroxylation sites is 1. The van der Waals surface area contributed by atoms with Crippen molar-refractivity contribution in [3.05, 3.63) is 48.3 Å². The van der Waals surface area contributed by atoms with Gasteiger partial charge in [-0.1, -0.05) is 18.2 Å². The largest absolute Gasteiger partial charge is 0.351 e. The zero-order valence-electron chi connectivity index (χ0n) is 12.9. The van der Waals surface area contributed by atoms with E-state index in [4.69, 9.17) is 5.73 Å². The number of likely N-dealkylation sites (tertiary alicyclic amines) is 1. The normalized spacial score (nSPS) is 19.0. The number of aromatic nitrogens is 2. The maximum atomic E-state index is 11.4. The number of hydrogen-bond donors (Lipinski definition) is 1. The number of urea groups is 1. The minimum absolute atomic E-state index is 0.0434. The first-order chi connectivity index (χ1) is 11.2. The van der Waals surface area contributed by atoms with Crippen molar-refractivity contribution in [3.8, 4) is 0 Å². The number of nitrogens with two attached hydrogens (primary N) is 1. The third-order valence-corrected chi connectivity index (χ3v) is 5.05. The van der Waals surface area contributed by atoms with Gasteiger partial charge in [0.2, 0.25) is 5.95 Å². The molecule has 118 valence electrons. The molecule has 2 aromatic rings. The Hall–Kier alpha value is -2.63. The predicted molar refractivity (Wildman–Crippen MR) is 87.5 cm³/mol. The maximum Gasteiger partial charge on any atom is 0.314 e. The fourth-order valence-electron chi connectivity index (χ4n) is 3.82. The number of carbonyl (C=O) groups excluding carboxylic acids is 1. The molecule has 1 spiro atoms. The summed E-state index contributed by atoms with van der Waals surface area (Å²) in [5.74, 6) is 0.731. The van der Waals surface area contributed by atoms with Crippen LogP contribution in [0.15, 0.2) is 42.7 Å². The van der Waals surface area contributed by atoms with E-state index in [2.05, 4.69) is 33.1 Å².